The van der Waals surface area contributed by atoms with Crippen molar-refractivity contribution in [2.75, 3.05) is 4.90 Å². The molecular weight excluding hydrogens is 617 g/mol. The van der Waals surface area contributed by atoms with Crippen LogP contribution in [0.1, 0.15) is 11.1 Å². The van der Waals surface area contributed by atoms with Crippen LogP contribution >= 0.6 is 0 Å². The molecule has 1 aliphatic rings. The van der Waals surface area contributed by atoms with E-state index in [1.165, 1.54) is 77.7 Å². The first-order valence-electron chi connectivity index (χ1n) is 17.7. The van der Waals surface area contributed by atoms with Crippen LogP contribution in [0.3, 0.4) is 0 Å². The maximum Gasteiger partial charge on any atom is 0.0620 e. The largest absolute Gasteiger partial charge is 0.309 e. The summed E-state index contributed by atoms with van der Waals surface area (Å²) in [7, 11) is 0. The second-order valence-electron chi connectivity index (χ2n) is 13.3. The molecule has 0 saturated heterocycles. The van der Waals surface area contributed by atoms with Crippen LogP contribution in [-0.2, 0) is 6.42 Å². The third-order valence-electron chi connectivity index (χ3n) is 10.3. The smallest absolute Gasteiger partial charge is 0.0620 e. The molecule has 2 heteroatoms. The summed E-state index contributed by atoms with van der Waals surface area (Å²) in [6.07, 6.45) is 0.872. The number of rotatable bonds is 5. The molecule has 51 heavy (non-hydrogen) atoms. The van der Waals surface area contributed by atoms with E-state index >= 15 is 0 Å². The van der Waals surface area contributed by atoms with Gasteiger partial charge in [-0.1, -0.05) is 152 Å². The van der Waals surface area contributed by atoms with Gasteiger partial charge in [-0.3, -0.25) is 0 Å². The Morgan fingerprint density at radius 2 is 0.941 bits per heavy atom. The fourth-order valence-corrected chi connectivity index (χ4v) is 8.10. The molecule has 10 rings (SSSR count). The number of fused-ring (bicyclic) bond motifs is 5. The van der Waals surface area contributed by atoms with Crippen LogP contribution in [0.15, 0.2) is 194 Å². The number of nitrogens with zero attached hydrogens (tertiary/aromatic N) is 2. The lowest BCUT2D eigenvalue weighted by Gasteiger charge is -2.36. The monoisotopic (exact) mass is 650 g/mol. The van der Waals surface area contributed by atoms with Gasteiger partial charge in [-0.2, -0.15) is 0 Å². The van der Waals surface area contributed by atoms with Crippen LogP contribution in [0, 0.1) is 0 Å². The predicted molar refractivity (Wildman–Crippen MR) is 215 cm³/mol. The van der Waals surface area contributed by atoms with Gasteiger partial charge in [-0.15, -0.1) is 0 Å². The summed E-state index contributed by atoms with van der Waals surface area (Å²) >= 11 is 0. The standard InChI is InChI=1S/C49H34N2/c1-4-16-34(17-5-1)38-31-39(35-18-6-2-7-19-35)33-41(32-38)51-46-28-12-10-20-36(46)30-37-21-14-25-44(48(37)51)45-27-15-26-43-42-24-11-13-29-47(42)50(49(43)45)40-22-8-3-9-23-40/h1-29,31-33H,30H2. The molecule has 8 aromatic carbocycles. The summed E-state index contributed by atoms with van der Waals surface area (Å²) in [6.45, 7) is 0. The molecule has 0 atom stereocenters. The molecule has 0 bridgehead atoms. The van der Waals surface area contributed by atoms with E-state index in [1.807, 2.05) is 0 Å². The Labute approximate surface area is 298 Å². The number of aromatic nitrogens is 1. The van der Waals surface area contributed by atoms with E-state index in [1.54, 1.807) is 0 Å². The van der Waals surface area contributed by atoms with Crippen molar-refractivity contribution < 1.29 is 0 Å². The van der Waals surface area contributed by atoms with E-state index in [0.29, 0.717) is 0 Å². The van der Waals surface area contributed by atoms with Gasteiger partial charge in [0.2, 0.25) is 0 Å². The second kappa shape index (κ2) is 12.0. The highest BCUT2D eigenvalue weighted by Crippen LogP contribution is 2.51. The topological polar surface area (TPSA) is 8.17 Å². The quantitative estimate of drug-likeness (QED) is 0.180. The minimum absolute atomic E-state index is 0.872. The molecule has 0 N–H and O–H groups in total. The predicted octanol–water partition coefficient (Wildman–Crippen LogP) is 13.2. The highest BCUT2D eigenvalue weighted by molar-refractivity contribution is 6.15. The first-order chi connectivity index (χ1) is 25.3. The summed E-state index contributed by atoms with van der Waals surface area (Å²) < 4.78 is 2.45. The van der Waals surface area contributed by atoms with Crippen LogP contribution < -0.4 is 4.90 Å². The SMILES string of the molecule is c1ccc(-c2cc(-c3ccccc3)cc(N3c4ccccc4Cc4cccc(-c5cccc6c7ccccc7n(-c7ccccc7)c56)c43)c2)cc1. The number of anilines is 3. The van der Waals surface area contributed by atoms with Crippen molar-refractivity contribution in [1.82, 2.24) is 4.57 Å². The molecule has 1 aliphatic heterocycles. The van der Waals surface area contributed by atoms with Crippen molar-refractivity contribution >= 4 is 38.9 Å². The zero-order valence-electron chi connectivity index (χ0n) is 28.1. The first-order valence-corrected chi connectivity index (χ1v) is 17.7. The van der Waals surface area contributed by atoms with E-state index in [2.05, 4.69) is 204 Å². The molecule has 9 aromatic rings. The van der Waals surface area contributed by atoms with Crippen molar-refractivity contribution in [1.29, 1.82) is 0 Å². The van der Waals surface area contributed by atoms with Crippen LogP contribution in [-0.4, -0.2) is 4.57 Å². The van der Waals surface area contributed by atoms with Gasteiger partial charge in [0, 0.05) is 45.4 Å². The number of benzene rings is 8. The van der Waals surface area contributed by atoms with Crippen molar-refractivity contribution in [3.8, 4) is 39.1 Å². The zero-order chi connectivity index (χ0) is 33.7. The van der Waals surface area contributed by atoms with Gasteiger partial charge in [-0.05, 0) is 75.8 Å². The van der Waals surface area contributed by atoms with Gasteiger partial charge in [0.15, 0.2) is 0 Å². The van der Waals surface area contributed by atoms with Gasteiger partial charge >= 0.3 is 0 Å². The molecule has 0 saturated carbocycles. The number of para-hydroxylation sites is 5. The Bertz CT molecular complexity index is 2650. The van der Waals surface area contributed by atoms with Crippen LogP contribution in [0.4, 0.5) is 17.1 Å². The number of hydrogen-bond donors (Lipinski definition) is 0. The lowest BCUT2D eigenvalue weighted by molar-refractivity contribution is 1.09. The van der Waals surface area contributed by atoms with E-state index in [9.17, 15) is 0 Å². The third-order valence-corrected chi connectivity index (χ3v) is 10.3. The van der Waals surface area contributed by atoms with Gasteiger partial charge in [0.1, 0.15) is 0 Å². The second-order valence-corrected chi connectivity index (χ2v) is 13.3. The van der Waals surface area contributed by atoms with Crippen molar-refractivity contribution in [2.45, 2.75) is 6.42 Å². The van der Waals surface area contributed by atoms with Gasteiger partial charge in [0.05, 0.1) is 16.7 Å². The minimum Gasteiger partial charge on any atom is -0.309 e. The Kier molecular flexibility index (Phi) is 6.92. The van der Waals surface area contributed by atoms with Crippen molar-refractivity contribution in [3.63, 3.8) is 0 Å². The molecule has 2 nitrogen and oxygen atoms in total. The van der Waals surface area contributed by atoms with E-state index < -0.39 is 0 Å². The fourth-order valence-electron chi connectivity index (χ4n) is 8.10. The Morgan fingerprint density at radius 3 is 1.69 bits per heavy atom. The maximum absolute atomic E-state index is 2.52. The van der Waals surface area contributed by atoms with E-state index in [-0.39, 0.29) is 0 Å². The van der Waals surface area contributed by atoms with Gasteiger partial charge < -0.3 is 9.47 Å². The van der Waals surface area contributed by atoms with Crippen LogP contribution in [0.5, 0.6) is 0 Å². The van der Waals surface area contributed by atoms with Gasteiger partial charge in [-0.25, -0.2) is 0 Å². The first kappa shape index (κ1) is 29.3. The normalized spacial score (nSPS) is 12.2. The van der Waals surface area contributed by atoms with E-state index in [4.69, 9.17) is 0 Å². The average Bonchev–Trinajstić information content (AvgIpc) is 3.55. The van der Waals surface area contributed by atoms with Crippen molar-refractivity contribution in [3.05, 3.63) is 205 Å². The van der Waals surface area contributed by atoms with Crippen LogP contribution in [0.2, 0.25) is 0 Å². The Hall–Kier alpha value is -6.64. The molecular formula is C49H34N2. The minimum atomic E-state index is 0.872. The van der Waals surface area contributed by atoms with Crippen molar-refractivity contribution in [2.24, 2.45) is 0 Å². The molecule has 240 valence electrons. The third kappa shape index (κ3) is 4.87. The zero-order valence-corrected chi connectivity index (χ0v) is 28.1. The lowest BCUT2D eigenvalue weighted by atomic mass is 9.89. The summed E-state index contributed by atoms with van der Waals surface area (Å²) in [5.74, 6) is 0. The maximum atomic E-state index is 2.52. The van der Waals surface area contributed by atoms with Crippen LogP contribution in [0.25, 0.3) is 60.9 Å². The summed E-state index contributed by atoms with van der Waals surface area (Å²) in [5, 5.41) is 2.51. The molecule has 0 fully saturated rings. The Balaban J connectivity index is 1.28. The molecule has 2 heterocycles. The molecule has 0 unspecified atom stereocenters. The van der Waals surface area contributed by atoms with E-state index in [0.717, 1.165) is 17.8 Å². The number of hydrogen-bond acceptors (Lipinski definition) is 1. The summed E-state index contributed by atoms with van der Waals surface area (Å²) in [5.41, 5.74) is 17.1. The fraction of sp³-hybridized carbons (Fsp3) is 0.0204. The molecule has 0 aliphatic carbocycles. The Morgan fingerprint density at radius 1 is 0.373 bits per heavy atom. The molecule has 0 amide bonds. The molecule has 1 aromatic heterocycles. The van der Waals surface area contributed by atoms with Gasteiger partial charge in [0.25, 0.3) is 0 Å². The average molecular weight is 651 g/mol. The molecule has 0 spiro atoms. The lowest BCUT2D eigenvalue weighted by Crippen LogP contribution is -2.19. The highest BCUT2D eigenvalue weighted by atomic mass is 15.2. The highest BCUT2D eigenvalue weighted by Gasteiger charge is 2.29. The summed E-state index contributed by atoms with van der Waals surface area (Å²) in [4.78, 5) is 2.52. The molecule has 0 radical (unpaired) electrons. The summed E-state index contributed by atoms with van der Waals surface area (Å²) in [6, 6.07) is 70.7.